The molecule has 0 aliphatic rings. The van der Waals surface area contributed by atoms with Crippen LogP contribution in [0, 0.1) is 0 Å². The van der Waals surface area contributed by atoms with E-state index in [-0.39, 0.29) is 0 Å². The second-order valence-electron chi connectivity index (χ2n) is 3.39. The number of nitrogens with one attached hydrogen (secondary N) is 2. The molecule has 0 saturated carbocycles. The first kappa shape index (κ1) is 11.5. The fraction of sp³-hybridized carbons (Fsp3) is 0.455. The van der Waals surface area contributed by atoms with E-state index < -0.39 is 0 Å². The summed E-state index contributed by atoms with van der Waals surface area (Å²) in [5.41, 5.74) is 0. The lowest BCUT2D eigenvalue weighted by Gasteiger charge is -2.12. The molecule has 4 nitrogen and oxygen atoms in total. The van der Waals surface area contributed by atoms with Gasteiger partial charge in [-0.1, -0.05) is 13.0 Å². The largest absolute Gasteiger partial charge is 0.367 e. The van der Waals surface area contributed by atoms with Gasteiger partial charge in [0.05, 0.1) is 0 Å². The van der Waals surface area contributed by atoms with Crippen molar-refractivity contribution in [3.8, 4) is 0 Å². The van der Waals surface area contributed by atoms with Crippen LogP contribution in [0.5, 0.6) is 0 Å². The van der Waals surface area contributed by atoms with Gasteiger partial charge in [-0.3, -0.25) is 0 Å². The first-order chi connectivity index (χ1) is 7.26. The van der Waals surface area contributed by atoms with Gasteiger partial charge in [0, 0.05) is 18.8 Å². The molecule has 2 N–H and O–H groups in total. The second kappa shape index (κ2) is 6.01. The first-order valence-corrected chi connectivity index (χ1v) is 5.20. The van der Waals surface area contributed by atoms with Crippen molar-refractivity contribution in [1.29, 1.82) is 0 Å². The topological polar surface area (TPSA) is 49.8 Å². The third kappa shape index (κ3) is 3.97. The third-order valence-electron chi connectivity index (χ3n) is 2.07. The van der Waals surface area contributed by atoms with Crippen LogP contribution in [0.15, 0.2) is 24.9 Å². The lowest BCUT2D eigenvalue weighted by atomic mass is 10.2. The van der Waals surface area contributed by atoms with Crippen molar-refractivity contribution in [3.05, 3.63) is 24.9 Å². The van der Waals surface area contributed by atoms with Gasteiger partial charge in [0.15, 0.2) is 0 Å². The van der Waals surface area contributed by atoms with Gasteiger partial charge in [-0.25, -0.2) is 4.98 Å². The van der Waals surface area contributed by atoms with E-state index in [4.69, 9.17) is 0 Å². The van der Waals surface area contributed by atoms with Crippen molar-refractivity contribution < 1.29 is 0 Å². The van der Waals surface area contributed by atoms with Crippen LogP contribution in [-0.4, -0.2) is 22.6 Å². The molecule has 15 heavy (non-hydrogen) atoms. The standard InChI is InChI=1S/C11H18N4/c1-4-7-12-11-13-8-6-10(15-11)14-9(3)5-2/h4,6,8-9H,1,5,7H2,2-3H3,(H2,12,13,14,15). The summed E-state index contributed by atoms with van der Waals surface area (Å²) in [6.07, 6.45) is 4.58. The summed E-state index contributed by atoms with van der Waals surface area (Å²) in [6, 6.07) is 2.29. The highest BCUT2D eigenvalue weighted by Gasteiger charge is 2.01. The van der Waals surface area contributed by atoms with Crippen molar-refractivity contribution in [2.75, 3.05) is 17.2 Å². The van der Waals surface area contributed by atoms with Crippen LogP contribution >= 0.6 is 0 Å². The number of anilines is 2. The quantitative estimate of drug-likeness (QED) is 0.701. The molecular formula is C11H18N4. The monoisotopic (exact) mass is 206 g/mol. The van der Waals surface area contributed by atoms with E-state index in [1.807, 2.05) is 6.07 Å². The summed E-state index contributed by atoms with van der Waals surface area (Å²) < 4.78 is 0. The molecule has 0 spiro atoms. The van der Waals surface area contributed by atoms with Crippen LogP contribution in [0.4, 0.5) is 11.8 Å². The molecule has 0 bridgehead atoms. The Morgan fingerprint density at radius 2 is 2.40 bits per heavy atom. The number of nitrogens with zero attached hydrogens (tertiary/aromatic N) is 2. The highest BCUT2D eigenvalue weighted by molar-refractivity contribution is 5.40. The molecule has 0 amide bonds. The van der Waals surface area contributed by atoms with Crippen molar-refractivity contribution in [3.63, 3.8) is 0 Å². The molecule has 0 radical (unpaired) electrons. The van der Waals surface area contributed by atoms with Crippen molar-refractivity contribution >= 4 is 11.8 Å². The second-order valence-corrected chi connectivity index (χ2v) is 3.39. The maximum atomic E-state index is 4.32. The van der Waals surface area contributed by atoms with Gasteiger partial charge in [0.2, 0.25) is 5.95 Å². The van der Waals surface area contributed by atoms with Crippen LogP contribution in [0.25, 0.3) is 0 Å². The molecule has 0 saturated heterocycles. The van der Waals surface area contributed by atoms with Gasteiger partial charge < -0.3 is 10.6 Å². The lowest BCUT2D eigenvalue weighted by molar-refractivity contribution is 0.758. The number of aromatic nitrogens is 2. The van der Waals surface area contributed by atoms with Gasteiger partial charge in [0.1, 0.15) is 5.82 Å². The molecular weight excluding hydrogens is 188 g/mol. The summed E-state index contributed by atoms with van der Waals surface area (Å²) >= 11 is 0. The zero-order chi connectivity index (χ0) is 11.1. The fourth-order valence-corrected chi connectivity index (χ4v) is 1.04. The zero-order valence-corrected chi connectivity index (χ0v) is 9.33. The zero-order valence-electron chi connectivity index (χ0n) is 9.33. The first-order valence-electron chi connectivity index (χ1n) is 5.20. The van der Waals surface area contributed by atoms with Crippen LogP contribution in [0.3, 0.4) is 0 Å². The average molecular weight is 206 g/mol. The maximum Gasteiger partial charge on any atom is 0.224 e. The van der Waals surface area contributed by atoms with Crippen LogP contribution in [-0.2, 0) is 0 Å². The predicted octanol–water partition coefficient (Wildman–Crippen LogP) is 2.28. The van der Waals surface area contributed by atoms with E-state index in [0.717, 1.165) is 12.2 Å². The van der Waals surface area contributed by atoms with E-state index in [0.29, 0.717) is 18.5 Å². The molecule has 1 atom stereocenters. The molecule has 1 heterocycles. The SMILES string of the molecule is C=CCNc1nccc(NC(C)CC)n1. The summed E-state index contributed by atoms with van der Waals surface area (Å²) in [6.45, 7) is 8.56. The van der Waals surface area contributed by atoms with Crippen molar-refractivity contribution in [1.82, 2.24) is 9.97 Å². The number of hydrogen-bond acceptors (Lipinski definition) is 4. The van der Waals surface area contributed by atoms with E-state index in [1.165, 1.54) is 0 Å². The predicted molar refractivity (Wildman–Crippen MR) is 64.1 cm³/mol. The molecule has 1 unspecified atom stereocenters. The molecule has 1 aromatic heterocycles. The van der Waals surface area contributed by atoms with Gasteiger partial charge in [0.25, 0.3) is 0 Å². The molecule has 0 aromatic carbocycles. The Morgan fingerprint density at radius 3 is 3.07 bits per heavy atom. The summed E-state index contributed by atoms with van der Waals surface area (Å²) in [4.78, 5) is 8.42. The molecule has 1 aromatic rings. The number of hydrogen-bond donors (Lipinski definition) is 2. The van der Waals surface area contributed by atoms with Crippen molar-refractivity contribution in [2.45, 2.75) is 26.3 Å². The molecule has 0 aliphatic heterocycles. The summed E-state index contributed by atoms with van der Waals surface area (Å²) in [5.74, 6) is 1.48. The lowest BCUT2D eigenvalue weighted by Crippen LogP contribution is -2.15. The van der Waals surface area contributed by atoms with E-state index >= 15 is 0 Å². The summed E-state index contributed by atoms with van der Waals surface area (Å²) in [5, 5.41) is 6.34. The molecule has 1 rings (SSSR count). The Balaban J connectivity index is 2.61. The third-order valence-corrected chi connectivity index (χ3v) is 2.07. The van der Waals surface area contributed by atoms with E-state index in [1.54, 1.807) is 12.3 Å². The van der Waals surface area contributed by atoms with Crippen molar-refractivity contribution in [2.24, 2.45) is 0 Å². The maximum absolute atomic E-state index is 4.32. The minimum Gasteiger partial charge on any atom is -0.367 e. The Kier molecular flexibility index (Phi) is 4.60. The minimum absolute atomic E-state index is 0.423. The smallest absolute Gasteiger partial charge is 0.224 e. The minimum atomic E-state index is 0.423. The van der Waals surface area contributed by atoms with Gasteiger partial charge in [-0.2, -0.15) is 4.98 Å². The highest BCUT2D eigenvalue weighted by Crippen LogP contribution is 2.07. The molecule has 0 fully saturated rings. The average Bonchev–Trinajstić information content (AvgIpc) is 2.26. The summed E-state index contributed by atoms with van der Waals surface area (Å²) in [7, 11) is 0. The fourth-order valence-electron chi connectivity index (χ4n) is 1.04. The van der Waals surface area contributed by atoms with E-state index in [9.17, 15) is 0 Å². The van der Waals surface area contributed by atoms with Gasteiger partial charge >= 0.3 is 0 Å². The molecule has 0 aliphatic carbocycles. The van der Waals surface area contributed by atoms with Crippen LogP contribution in [0.2, 0.25) is 0 Å². The van der Waals surface area contributed by atoms with E-state index in [2.05, 4.69) is 41.0 Å². The highest BCUT2D eigenvalue weighted by atomic mass is 15.1. The Hall–Kier alpha value is -1.58. The Labute approximate surface area is 90.8 Å². The van der Waals surface area contributed by atoms with Crippen LogP contribution in [0.1, 0.15) is 20.3 Å². The molecule has 82 valence electrons. The normalized spacial score (nSPS) is 11.9. The Bertz CT molecular complexity index is 311. The molecule has 4 heteroatoms. The number of rotatable bonds is 6. The Morgan fingerprint density at radius 1 is 1.60 bits per heavy atom. The van der Waals surface area contributed by atoms with Gasteiger partial charge in [-0.05, 0) is 19.4 Å². The van der Waals surface area contributed by atoms with Crippen LogP contribution < -0.4 is 10.6 Å². The van der Waals surface area contributed by atoms with Gasteiger partial charge in [-0.15, -0.1) is 6.58 Å².